The van der Waals surface area contributed by atoms with Crippen molar-refractivity contribution in [3.05, 3.63) is 89.2 Å². The first-order valence-corrected chi connectivity index (χ1v) is 14.1. The van der Waals surface area contributed by atoms with E-state index in [-0.39, 0.29) is 24.5 Å². The topological polar surface area (TPSA) is 115 Å². The molecule has 2 heterocycles. The summed E-state index contributed by atoms with van der Waals surface area (Å²) in [6.45, 7) is 7.20. The quantitative estimate of drug-likeness (QED) is 0.435. The highest BCUT2D eigenvalue weighted by molar-refractivity contribution is 7.92. The Morgan fingerprint density at radius 3 is 2.49 bits per heavy atom. The lowest BCUT2D eigenvalue weighted by molar-refractivity contribution is -0.144. The summed E-state index contributed by atoms with van der Waals surface area (Å²) in [5, 5.41) is 2.78. The van der Waals surface area contributed by atoms with Gasteiger partial charge < -0.3 is 14.8 Å². The number of esters is 1. The molecule has 1 N–H and O–H groups in total. The summed E-state index contributed by atoms with van der Waals surface area (Å²) in [7, 11) is -4.01. The number of rotatable bonds is 7. The monoisotopic (exact) mass is 551 g/mol. The van der Waals surface area contributed by atoms with E-state index in [1.165, 1.54) is 16.6 Å². The van der Waals surface area contributed by atoms with Crippen molar-refractivity contribution in [2.45, 2.75) is 63.7 Å². The summed E-state index contributed by atoms with van der Waals surface area (Å²) in [4.78, 5) is 29.6. The predicted octanol–water partition coefficient (Wildman–Crippen LogP) is 4.32. The third kappa shape index (κ3) is 7.35. The van der Waals surface area contributed by atoms with Crippen molar-refractivity contribution < 1.29 is 27.5 Å². The molecule has 1 amide bonds. The fourth-order valence-corrected chi connectivity index (χ4v) is 5.88. The van der Waals surface area contributed by atoms with Crippen LogP contribution in [0.15, 0.2) is 71.8 Å². The van der Waals surface area contributed by atoms with Crippen LogP contribution in [0.3, 0.4) is 0 Å². The molecular formula is C29H33N3O6S. The van der Waals surface area contributed by atoms with Crippen LogP contribution in [0.2, 0.25) is 0 Å². The molecule has 9 nitrogen and oxygen atoms in total. The van der Waals surface area contributed by atoms with Gasteiger partial charge in [0.2, 0.25) is 0 Å². The fraction of sp³-hybridized carbons (Fsp3) is 0.345. The minimum atomic E-state index is -4.01. The largest absolute Gasteiger partial charge is 0.461 e. The Kier molecular flexibility index (Phi) is 8.25. The van der Waals surface area contributed by atoms with E-state index in [9.17, 15) is 18.0 Å². The molecule has 0 aliphatic carbocycles. The van der Waals surface area contributed by atoms with Gasteiger partial charge in [-0.1, -0.05) is 42.5 Å². The lowest BCUT2D eigenvalue weighted by Gasteiger charge is -2.35. The van der Waals surface area contributed by atoms with E-state index in [4.69, 9.17) is 9.47 Å². The normalized spacial score (nSPS) is 15.3. The number of hydrogen-bond donors (Lipinski definition) is 1. The Balaban J connectivity index is 1.60. The number of nitrogens with zero attached hydrogens (tertiary/aromatic N) is 2. The minimum Gasteiger partial charge on any atom is -0.461 e. The highest BCUT2D eigenvalue weighted by Gasteiger charge is 2.36. The summed E-state index contributed by atoms with van der Waals surface area (Å²) < 4.78 is 39.7. The third-order valence-electron chi connectivity index (χ3n) is 5.99. The smallest absolute Gasteiger partial charge is 0.407 e. The lowest BCUT2D eigenvalue weighted by atomic mass is 10.0. The Morgan fingerprint density at radius 2 is 1.79 bits per heavy atom. The molecule has 1 aliphatic heterocycles. The van der Waals surface area contributed by atoms with Crippen LogP contribution in [-0.2, 0) is 43.7 Å². The van der Waals surface area contributed by atoms with Crippen molar-refractivity contribution in [3.8, 4) is 0 Å². The van der Waals surface area contributed by atoms with E-state index in [0.717, 1.165) is 11.1 Å². The van der Waals surface area contributed by atoms with Crippen molar-refractivity contribution in [2.75, 3.05) is 10.8 Å². The number of carbonyl (C=O) groups is 2. The molecule has 1 atom stereocenters. The number of fused-ring (bicyclic) bond motifs is 1. The van der Waals surface area contributed by atoms with Crippen LogP contribution in [0.4, 0.5) is 10.5 Å². The molecule has 0 saturated carbocycles. The summed E-state index contributed by atoms with van der Waals surface area (Å²) in [5.41, 5.74) is 2.34. The van der Waals surface area contributed by atoms with Gasteiger partial charge in [0.05, 0.1) is 35.3 Å². The lowest BCUT2D eigenvalue weighted by Crippen LogP contribution is -2.51. The zero-order valence-electron chi connectivity index (χ0n) is 22.5. The number of anilines is 1. The van der Waals surface area contributed by atoms with E-state index in [1.54, 1.807) is 39.0 Å². The van der Waals surface area contributed by atoms with Gasteiger partial charge in [-0.05, 0) is 62.6 Å². The van der Waals surface area contributed by atoms with Crippen LogP contribution < -0.4 is 9.62 Å². The number of aryl methyl sites for hydroxylation is 1. The number of carbonyl (C=O) groups excluding carboxylic acids is 2. The van der Waals surface area contributed by atoms with Gasteiger partial charge >= 0.3 is 12.1 Å². The second kappa shape index (κ2) is 11.4. The van der Waals surface area contributed by atoms with Gasteiger partial charge in [0, 0.05) is 12.6 Å². The Labute approximate surface area is 229 Å². The van der Waals surface area contributed by atoms with E-state index in [2.05, 4.69) is 10.3 Å². The molecule has 3 aromatic rings. The molecule has 4 rings (SSSR count). The Bertz CT molecular complexity index is 1450. The average Bonchev–Trinajstić information content (AvgIpc) is 2.86. The van der Waals surface area contributed by atoms with Crippen molar-refractivity contribution >= 4 is 27.8 Å². The highest BCUT2D eigenvalue weighted by Crippen LogP contribution is 2.32. The number of sulfonamides is 1. The molecule has 0 saturated heterocycles. The molecular weight excluding hydrogens is 518 g/mol. The third-order valence-corrected chi connectivity index (χ3v) is 7.76. The first-order chi connectivity index (χ1) is 18.4. The summed E-state index contributed by atoms with van der Waals surface area (Å²) in [5.74, 6) is -0.450. The number of aromatic nitrogens is 1. The average molecular weight is 552 g/mol. The molecule has 1 aliphatic rings. The van der Waals surface area contributed by atoms with Gasteiger partial charge in [-0.2, -0.15) is 0 Å². The van der Waals surface area contributed by atoms with Crippen LogP contribution in [-0.4, -0.2) is 43.7 Å². The highest BCUT2D eigenvalue weighted by atomic mass is 32.2. The van der Waals surface area contributed by atoms with Crippen molar-refractivity contribution in [2.24, 2.45) is 0 Å². The second-order valence-electron chi connectivity index (χ2n) is 10.5. The molecule has 206 valence electrons. The number of hydrogen-bond acceptors (Lipinski definition) is 7. The molecule has 0 spiro atoms. The zero-order valence-corrected chi connectivity index (χ0v) is 23.3. The second-order valence-corrected chi connectivity index (χ2v) is 12.4. The standard InChI is InChI=1S/C29H33N3O6S/c1-20-9-8-12-24(13-20)39(35,36)32-18-23(31-28(34)38-29(2,3)4)16-25-26(32)14-22(17-30-25)15-27(33)37-19-21-10-6-5-7-11-21/h5-14,17,23H,15-16,18-19H2,1-4H3,(H,31,34)/t23-/m1/s1. The van der Waals surface area contributed by atoms with Gasteiger partial charge in [-0.25, -0.2) is 13.2 Å². The summed E-state index contributed by atoms with van der Waals surface area (Å²) in [6.07, 6.45) is 1.13. The Morgan fingerprint density at radius 1 is 1.05 bits per heavy atom. The molecule has 2 aromatic carbocycles. The van der Waals surface area contributed by atoms with Crippen LogP contribution in [0, 0.1) is 6.92 Å². The van der Waals surface area contributed by atoms with Gasteiger partial charge in [-0.3, -0.25) is 14.1 Å². The summed E-state index contributed by atoms with van der Waals surface area (Å²) in [6, 6.07) is 17.1. The van der Waals surface area contributed by atoms with Crippen LogP contribution in [0.25, 0.3) is 0 Å². The van der Waals surface area contributed by atoms with Crippen LogP contribution in [0.5, 0.6) is 0 Å². The molecule has 0 radical (unpaired) electrons. The number of benzene rings is 2. The first kappa shape index (κ1) is 28.1. The molecule has 39 heavy (non-hydrogen) atoms. The fourth-order valence-electron chi connectivity index (χ4n) is 4.25. The predicted molar refractivity (Wildman–Crippen MR) is 147 cm³/mol. The minimum absolute atomic E-state index is 0.0217. The molecule has 10 heteroatoms. The van der Waals surface area contributed by atoms with E-state index < -0.39 is 33.7 Å². The molecule has 0 bridgehead atoms. The van der Waals surface area contributed by atoms with Gasteiger partial charge in [0.25, 0.3) is 10.0 Å². The summed E-state index contributed by atoms with van der Waals surface area (Å²) >= 11 is 0. The number of pyridine rings is 1. The SMILES string of the molecule is Cc1cccc(S(=O)(=O)N2C[C@H](NC(=O)OC(C)(C)C)Cc3ncc(CC(=O)OCc4ccccc4)cc32)c1. The maximum atomic E-state index is 13.8. The zero-order chi connectivity index (χ0) is 28.2. The number of nitrogens with one attached hydrogen (secondary N) is 1. The van der Waals surface area contributed by atoms with Crippen molar-refractivity contribution in [1.82, 2.24) is 10.3 Å². The first-order valence-electron chi connectivity index (χ1n) is 12.7. The van der Waals surface area contributed by atoms with Gasteiger partial charge in [0.15, 0.2) is 0 Å². The van der Waals surface area contributed by atoms with Crippen molar-refractivity contribution in [3.63, 3.8) is 0 Å². The molecule has 1 aromatic heterocycles. The van der Waals surface area contributed by atoms with E-state index in [0.29, 0.717) is 23.4 Å². The van der Waals surface area contributed by atoms with E-state index >= 15 is 0 Å². The van der Waals surface area contributed by atoms with Gasteiger partial charge in [0.1, 0.15) is 12.2 Å². The number of alkyl carbamates (subject to hydrolysis) is 1. The van der Waals surface area contributed by atoms with Gasteiger partial charge in [-0.15, -0.1) is 0 Å². The van der Waals surface area contributed by atoms with Crippen molar-refractivity contribution in [1.29, 1.82) is 0 Å². The van der Waals surface area contributed by atoms with E-state index in [1.807, 2.05) is 43.3 Å². The Hall–Kier alpha value is -3.92. The molecule has 0 unspecified atom stereocenters. The van der Waals surface area contributed by atoms with Crippen LogP contribution in [0.1, 0.15) is 43.2 Å². The maximum absolute atomic E-state index is 13.8. The molecule has 0 fully saturated rings. The maximum Gasteiger partial charge on any atom is 0.407 e. The number of ether oxygens (including phenoxy) is 2. The van der Waals surface area contributed by atoms with Crippen LogP contribution >= 0.6 is 0 Å². The number of amides is 1.